The van der Waals surface area contributed by atoms with Crippen LogP contribution >= 0.6 is 0 Å². The largest absolute Gasteiger partial charge is 0.497 e. The number of carbonyl (C=O) groups is 3. The van der Waals surface area contributed by atoms with E-state index in [0.717, 1.165) is 5.56 Å². The van der Waals surface area contributed by atoms with Crippen molar-refractivity contribution in [2.75, 3.05) is 24.9 Å². The molecule has 0 fully saturated rings. The second kappa shape index (κ2) is 9.44. The number of cyclic esters (lactones) is 1. The molecule has 8 heteroatoms. The van der Waals surface area contributed by atoms with Gasteiger partial charge in [-0.2, -0.15) is 0 Å². The van der Waals surface area contributed by atoms with Crippen LogP contribution in [0.2, 0.25) is 0 Å². The summed E-state index contributed by atoms with van der Waals surface area (Å²) in [6.07, 6.45) is -0.740. The number of hydrogen-bond acceptors (Lipinski definition) is 6. The molecule has 0 aromatic heterocycles. The summed E-state index contributed by atoms with van der Waals surface area (Å²) in [6, 6.07) is 18.6. The average Bonchev–Trinajstić information content (AvgIpc) is 2.84. The van der Waals surface area contributed by atoms with Gasteiger partial charge < -0.3 is 24.8 Å². The molecule has 1 atom stereocenters. The molecule has 1 aliphatic heterocycles. The summed E-state index contributed by atoms with van der Waals surface area (Å²) in [5.41, 5.74) is 2.18. The van der Waals surface area contributed by atoms with Gasteiger partial charge in [-0.05, 0) is 35.9 Å². The maximum atomic E-state index is 13.0. The Morgan fingerprint density at radius 1 is 0.909 bits per heavy atom. The van der Waals surface area contributed by atoms with E-state index in [4.69, 9.17) is 14.2 Å². The first-order chi connectivity index (χ1) is 16.0. The SMILES string of the molecule is COc1ccc(NC(=O)c2ccccc2NC(=O)C2Cc3ccccc3C(=O)O2)c(OC)c1. The zero-order valence-corrected chi connectivity index (χ0v) is 18.1. The summed E-state index contributed by atoms with van der Waals surface area (Å²) < 4.78 is 15.8. The molecule has 1 unspecified atom stereocenters. The van der Waals surface area contributed by atoms with Gasteiger partial charge in [-0.25, -0.2) is 4.79 Å². The van der Waals surface area contributed by atoms with Crippen molar-refractivity contribution >= 4 is 29.2 Å². The summed E-state index contributed by atoms with van der Waals surface area (Å²) >= 11 is 0. The van der Waals surface area contributed by atoms with E-state index >= 15 is 0 Å². The Labute approximate surface area is 190 Å². The van der Waals surface area contributed by atoms with E-state index in [1.165, 1.54) is 14.2 Å². The topological polar surface area (TPSA) is 103 Å². The van der Waals surface area contributed by atoms with E-state index in [-0.39, 0.29) is 12.0 Å². The molecule has 0 bridgehead atoms. The fraction of sp³-hybridized carbons (Fsp3) is 0.160. The number of ether oxygens (including phenoxy) is 3. The molecule has 0 spiro atoms. The lowest BCUT2D eigenvalue weighted by Gasteiger charge is -2.24. The van der Waals surface area contributed by atoms with Crippen LogP contribution < -0.4 is 20.1 Å². The van der Waals surface area contributed by atoms with Crippen LogP contribution in [0.1, 0.15) is 26.3 Å². The second-order valence-electron chi connectivity index (χ2n) is 7.31. The number of hydrogen-bond donors (Lipinski definition) is 2. The maximum absolute atomic E-state index is 13.0. The molecule has 3 aromatic carbocycles. The monoisotopic (exact) mass is 446 g/mol. The average molecular weight is 446 g/mol. The van der Waals surface area contributed by atoms with E-state index in [1.54, 1.807) is 66.7 Å². The molecule has 0 saturated carbocycles. The van der Waals surface area contributed by atoms with E-state index in [9.17, 15) is 14.4 Å². The molecule has 2 amide bonds. The van der Waals surface area contributed by atoms with Crippen molar-refractivity contribution in [1.29, 1.82) is 0 Å². The zero-order chi connectivity index (χ0) is 23.4. The molecule has 0 saturated heterocycles. The minimum Gasteiger partial charge on any atom is -0.497 e. The normalized spacial score (nSPS) is 14.5. The molecular weight excluding hydrogens is 424 g/mol. The Bertz CT molecular complexity index is 1220. The van der Waals surface area contributed by atoms with Crippen molar-refractivity contribution in [2.45, 2.75) is 12.5 Å². The summed E-state index contributed by atoms with van der Waals surface area (Å²) in [5.74, 6) is -0.492. The number of benzene rings is 3. The fourth-order valence-electron chi connectivity index (χ4n) is 3.57. The van der Waals surface area contributed by atoms with Gasteiger partial charge in [-0.3, -0.25) is 9.59 Å². The van der Waals surface area contributed by atoms with Crippen molar-refractivity contribution in [1.82, 2.24) is 0 Å². The predicted octanol–water partition coefficient (Wildman–Crippen LogP) is 3.68. The summed E-state index contributed by atoms with van der Waals surface area (Å²) in [7, 11) is 3.02. The molecule has 4 rings (SSSR count). The van der Waals surface area contributed by atoms with Crippen LogP contribution in [0.3, 0.4) is 0 Å². The van der Waals surface area contributed by atoms with Crippen molar-refractivity contribution < 1.29 is 28.6 Å². The number of carbonyl (C=O) groups excluding carboxylic acids is 3. The first kappa shape index (κ1) is 21.9. The highest BCUT2D eigenvalue weighted by atomic mass is 16.5. The van der Waals surface area contributed by atoms with Gasteiger partial charge in [-0.15, -0.1) is 0 Å². The lowest BCUT2D eigenvalue weighted by molar-refractivity contribution is -0.125. The van der Waals surface area contributed by atoms with Gasteiger partial charge in [0.2, 0.25) is 0 Å². The first-order valence-electron chi connectivity index (χ1n) is 10.2. The quantitative estimate of drug-likeness (QED) is 0.560. The van der Waals surface area contributed by atoms with Gasteiger partial charge in [-0.1, -0.05) is 30.3 Å². The molecular formula is C25H22N2O6. The molecule has 1 aliphatic rings. The highest BCUT2D eigenvalue weighted by molar-refractivity contribution is 6.11. The van der Waals surface area contributed by atoms with Crippen LogP contribution in [-0.2, 0) is 16.0 Å². The van der Waals surface area contributed by atoms with Crippen molar-refractivity contribution in [3.63, 3.8) is 0 Å². The van der Waals surface area contributed by atoms with Crippen LogP contribution in [0.25, 0.3) is 0 Å². The molecule has 0 radical (unpaired) electrons. The highest BCUT2D eigenvalue weighted by Crippen LogP contribution is 2.30. The minimum atomic E-state index is -0.995. The number of amides is 2. The Balaban J connectivity index is 1.52. The minimum absolute atomic E-state index is 0.242. The van der Waals surface area contributed by atoms with Crippen molar-refractivity contribution in [2.24, 2.45) is 0 Å². The summed E-state index contributed by atoms with van der Waals surface area (Å²) in [4.78, 5) is 38.1. The fourth-order valence-corrected chi connectivity index (χ4v) is 3.57. The number of anilines is 2. The smallest absolute Gasteiger partial charge is 0.339 e. The number of methoxy groups -OCH3 is 2. The first-order valence-corrected chi connectivity index (χ1v) is 10.2. The van der Waals surface area contributed by atoms with E-state index in [0.29, 0.717) is 28.4 Å². The zero-order valence-electron chi connectivity index (χ0n) is 18.1. The number of para-hydroxylation sites is 1. The number of fused-ring (bicyclic) bond motifs is 1. The molecule has 3 aromatic rings. The van der Waals surface area contributed by atoms with Crippen LogP contribution in [0, 0.1) is 0 Å². The second-order valence-corrected chi connectivity index (χ2v) is 7.31. The summed E-state index contributed by atoms with van der Waals surface area (Å²) in [5, 5.41) is 5.50. The molecule has 33 heavy (non-hydrogen) atoms. The standard InChI is InChI=1S/C25H22N2O6/c1-31-16-11-12-20(21(14-16)32-2)27-23(28)18-9-5-6-10-19(18)26-24(29)22-13-15-7-3-4-8-17(15)25(30)33-22/h3-12,14,22H,13H2,1-2H3,(H,26,29)(H,27,28). The lowest BCUT2D eigenvalue weighted by atomic mass is 9.98. The third-order valence-corrected chi connectivity index (χ3v) is 5.27. The third-order valence-electron chi connectivity index (χ3n) is 5.27. The third kappa shape index (κ3) is 4.64. The molecule has 168 valence electrons. The van der Waals surface area contributed by atoms with Gasteiger partial charge in [0.25, 0.3) is 11.8 Å². The number of rotatable bonds is 6. The van der Waals surface area contributed by atoms with Crippen LogP contribution in [0.5, 0.6) is 11.5 Å². The summed E-state index contributed by atoms with van der Waals surface area (Å²) in [6.45, 7) is 0. The van der Waals surface area contributed by atoms with Crippen LogP contribution in [0.15, 0.2) is 66.7 Å². The van der Waals surface area contributed by atoms with E-state index in [2.05, 4.69) is 10.6 Å². The van der Waals surface area contributed by atoms with E-state index in [1.807, 2.05) is 0 Å². The molecule has 1 heterocycles. The van der Waals surface area contributed by atoms with Crippen molar-refractivity contribution in [3.05, 3.63) is 83.4 Å². The Morgan fingerprint density at radius 3 is 2.45 bits per heavy atom. The van der Waals surface area contributed by atoms with Crippen molar-refractivity contribution in [3.8, 4) is 11.5 Å². The molecule has 2 N–H and O–H groups in total. The molecule has 0 aliphatic carbocycles. The molecule has 8 nitrogen and oxygen atoms in total. The van der Waals surface area contributed by atoms with Crippen LogP contribution in [0.4, 0.5) is 11.4 Å². The predicted molar refractivity (Wildman–Crippen MR) is 122 cm³/mol. The van der Waals surface area contributed by atoms with Gasteiger partial charge in [0.05, 0.1) is 36.7 Å². The Hall–Kier alpha value is -4.33. The van der Waals surface area contributed by atoms with Gasteiger partial charge in [0, 0.05) is 12.5 Å². The Kier molecular flexibility index (Phi) is 6.26. The van der Waals surface area contributed by atoms with Crippen LogP contribution in [-0.4, -0.2) is 38.1 Å². The lowest BCUT2D eigenvalue weighted by Crippen LogP contribution is -2.38. The maximum Gasteiger partial charge on any atom is 0.339 e. The van der Waals surface area contributed by atoms with Gasteiger partial charge in [0.1, 0.15) is 11.5 Å². The van der Waals surface area contributed by atoms with E-state index < -0.39 is 23.9 Å². The van der Waals surface area contributed by atoms with Gasteiger partial charge >= 0.3 is 5.97 Å². The Morgan fingerprint density at radius 2 is 1.67 bits per heavy atom. The number of nitrogens with one attached hydrogen (secondary N) is 2. The highest BCUT2D eigenvalue weighted by Gasteiger charge is 2.31. The number of esters is 1. The van der Waals surface area contributed by atoms with Gasteiger partial charge in [0.15, 0.2) is 6.10 Å².